The summed E-state index contributed by atoms with van der Waals surface area (Å²) in [5.41, 5.74) is 0.852. The first kappa shape index (κ1) is 14.9. The number of carbonyl (C=O) groups is 2. The number of aromatic nitrogens is 1. The van der Waals surface area contributed by atoms with Crippen molar-refractivity contribution < 1.29 is 9.59 Å². The maximum Gasteiger partial charge on any atom is 0.247 e. The first-order valence-corrected chi connectivity index (χ1v) is 6.31. The Bertz CT molecular complexity index is 443. The van der Waals surface area contributed by atoms with Crippen molar-refractivity contribution >= 4 is 17.9 Å². The SMILES string of the molecule is CCNC(=O)CN(CC)C(=O)/C=C/c1cccnc1. The molecule has 1 heterocycles. The summed E-state index contributed by atoms with van der Waals surface area (Å²) in [6.07, 6.45) is 6.49. The number of likely N-dealkylation sites (N-methyl/N-ethyl adjacent to an activating group) is 2. The molecule has 0 aromatic carbocycles. The molecule has 5 nitrogen and oxygen atoms in total. The van der Waals surface area contributed by atoms with E-state index >= 15 is 0 Å². The van der Waals surface area contributed by atoms with Crippen LogP contribution in [0.1, 0.15) is 19.4 Å². The third-order valence-electron chi connectivity index (χ3n) is 2.50. The van der Waals surface area contributed by atoms with Gasteiger partial charge < -0.3 is 10.2 Å². The van der Waals surface area contributed by atoms with Crippen LogP contribution in [0.15, 0.2) is 30.6 Å². The first-order valence-electron chi connectivity index (χ1n) is 6.31. The molecule has 0 fully saturated rings. The van der Waals surface area contributed by atoms with Gasteiger partial charge in [-0.25, -0.2) is 0 Å². The molecule has 0 unspecified atom stereocenters. The number of hydrogen-bond acceptors (Lipinski definition) is 3. The Balaban J connectivity index is 2.59. The predicted molar refractivity (Wildman–Crippen MR) is 74.2 cm³/mol. The van der Waals surface area contributed by atoms with E-state index in [9.17, 15) is 9.59 Å². The van der Waals surface area contributed by atoms with E-state index in [0.29, 0.717) is 13.1 Å². The second kappa shape index (κ2) is 8.02. The van der Waals surface area contributed by atoms with Crippen LogP contribution >= 0.6 is 0 Å². The van der Waals surface area contributed by atoms with Crippen molar-refractivity contribution in [2.24, 2.45) is 0 Å². The molecule has 0 aliphatic rings. The molecule has 0 spiro atoms. The van der Waals surface area contributed by atoms with Gasteiger partial charge in [0.05, 0.1) is 6.54 Å². The van der Waals surface area contributed by atoms with E-state index < -0.39 is 0 Å². The molecule has 1 aromatic rings. The third kappa shape index (κ3) is 5.33. The summed E-state index contributed by atoms with van der Waals surface area (Å²) in [7, 11) is 0. The second-order valence-electron chi connectivity index (χ2n) is 3.93. The molecule has 102 valence electrons. The van der Waals surface area contributed by atoms with Gasteiger partial charge in [-0.2, -0.15) is 0 Å². The van der Waals surface area contributed by atoms with E-state index in [1.165, 1.54) is 11.0 Å². The predicted octanol–water partition coefficient (Wildman–Crippen LogP) is 1.08. The van der Waals surface area contributed by atoms with Crippen LogP contribution in [0.4, 0.5) is 0 Å². The minimum Gasteiger partial charge on any atom is -0.355 e. The van der Waals surface area contributed by atoms with Gasteiger partial charge in [0.15, 0.2) is 0 Å². The highest BCUT2D eigenvalue weighted by molar-refractivity contribution is 5.94. The van der Waals surface area contributed by atoms with Crippen molar-refractivity contribution in [2.75, 3.05) is 19.6 Å². The maximum absolute atomic E-state index is 11.9. The number of pyridine rings is 1. The zero-order chi connectivity index (χ0) is 14.1. The molecule has 1 aromatic heterocycles. The number of rotatable bonds is 6. The molecule has 0 radical (unpaired) electrons. The largest absolute Gasteiger partial charge is 0.355 e. The molecule has 0 atom stereocenters. The van der Waals surface area contributed by atoms with E-state index in [1.54, 1.807) is 24.5 Å². The summed E-state index contributed by atoms with van der Waals surface area (Å²) >= 11 is 0. The van der Waals surface area contributed by atoms with Gasteiger partial charge in [-0.05, 0) is 31.6 Å². The van der Waals surface area contributed by atoms with E-state index in [4.69, 9.17) is 0 Å². The Labute approximate surface area is 113 Å². The lowest BCUT2D eigenvalue weighted by molar-refractivity contribution is -0.132. The molecule has 0 saturated heterocycles. The van der Waals surface area contributed by atoms with E-state index in [1.807, 2.05) is 19.9 Å². The summed E-state index contributed by atoms with van der Waals surface area (Å²) in [6.45, 7) is 4.83. The Kier molecular flexibility index (Phi) is 6.29. The highest BCUT2D eigenvalue weighted by Gasteiger charge is 2.12. The zero-order valence-electron chi connectivity index (χ0n) is 11.3. The van der Waals surface area contributed by atoms with Gasteiger partial charge in [0.1, 0.15) is 0 Å². The van der Waals surface area contributed by atoms with Crippen LogP contribution < -0.4 is 5.32 Å². The van der Waals surface area contributed by atoms with Crippen molar-refractivity contribution in [3.63, 3.8) is 0 Å². The number of nitrogens with zero attached hydrogens (tertiary/aromatic N) is 2. The molecule has 1 N–H and O–H groups in total. The Morgan fingerprint density at radius 1 is 1.42 bits per heavy atom. The number of amides is 2. The summed E-state index contributed by atoms with van der Waals surface area (Å²) in [4.78, 5) is 28.8. The summed E-state index contributed by atoms with van der Waals surface area (Å²) in [6, 6.07) is 3.66. The topological polar surface area (TPSA) is 62.3 Å². The summed E-state index contributed by atoms with van der Waals surface area (Å²) < 4.78 is 0. The molecule has 0 saturated carbocycles. The molecule has 0 aliphatic carbocycles. The molecular weight excluding hydrogens is 242 g/mol. The van der Waals surface area contributed by atoms with Crippen molar-refractivity contribution in [2.45, 2.75) is 13.8 Å². The number of carbonyl (C=O) groups excluding carboxylic acids is 2. The highest BCUT2D eigenvalue weighted by Crippen LogP contribution is 2.00. The lowest BCUT2D eigenvalue weighted by atomic mass is 10.2. The average molecular weight is 261 g/mol. The zero-order valence-corrected chi connectivity index (χ0v) is 11.3. The van der Waals surface area contributed by atoms with Crippen LogP contribution in [-0.4, -0.2) is 41.3 Å². The molecule has 0 aliphatic heterocycles. The van der Waals surface area contributed by atoms with Crippen molar-refractivity contribution in [1.29, 1.82) is 0 Å². The Hall–Kier alpha value is -2.17. The summed E-state index contributed by atoms with van der Waals surface area (Å²) in [5.74, 6) is -0.329. The maximum atomic E-state index is 11.9. The molecular formula is C14H19N3O2. The monoisotopic (exact) mass is 261 g/mol. The van der Waals surface area contributed by atoms with Crippen LogP contribution in [0, 0.1) is 0 Å². The lowest BCUT2D eigenvalue weighted by Crippen LogP contribution is -2.39. The van der Waals surface area contributed by atoms with Gasteiger partial charge in [-0.3, -0.25) is 14.6 Å². The van der Waals surface area contributed by atoms with Crippen molar-refractivity contribution in [3.8, 4) is 0 Å². The molecule has 19 heavy (non-hydrogen) atoms. The van der Waals surface area contributed by atoms with E-state index in [2.05, 4.69) is 10.3 Å². The quantitative estimate of drug-likeness (QED) is 0.779. The van der Waals surface area contributed by atoms with Crippen molar-refractivity contribution in [1.82, 2.24) is 15.2 Å². The minimum atomic E-state index is -0.183. The number of nitrogens with one attached hydrogen (secondary N) is 1. The lowest BCUT2D eigenvalue weighted by Gasteiger charge is -2.18. The van der Waals surface area contributed by atoms with Crippen LogP contribution in [0.5, 0.6) is 0 Å². The fraction of sp³-hybridized carbons (Fsp3) is 0.357. The van der Waals surface area contributed by atoms with E-state index in [0.717, 1.165) is 5.56 Å². The smallest absolute Gasteiger partial charge is 0.247 e. The van der Waals surface area contributed by atoms with Crippen LogP contribution in [0.3, 0.4) is 0 Å². The minimum absolute atomic E-state index is 0.0839. The van der Waals surface area contributed by atoms with Crippen molar-refractivity contribution in [3.05, 3.63) is 36.2 Å². The Morgan fingerprint density at radius 2 is 2.21 bits per heavy atom. The Morgan fingerprint density at radius 3 is 2.79 bits per heavy atom. The summed E-state index contributed by atoms with van der Waals surface area (Å²) in [5, 5.41) is 2.67. The second-order valence-corrected chi connectivity index (χ2v) is 3.93. The highest BCUT2D eigenvalue weighted by atomic mass is 16.2. The van der Waals surface area contributed by atoms with Crippen LogP contribution in [0.2, 0.25) is 0 Å². The van der Waals surface area contributed by atoms with Gasteiger partial charge in [-0.15, -0.1) is 0 Å². The van der Waals surface area contributed by atoms with E-state index in [-0.39, 0.29) is 18.4 Å². The third-order valence-corrected chi connectivity index (χ3v) is 2.50. The first-order chi connectivity index (χ1) is 9.17. The van der Waals surface area contributed by atoms with Gasteiger partial charge in [0.25, 0.3) is 0 Å². The van der Waals surface area contributed by atoms with Gasteiger partial charge >= 0.3 is 0 Å². The molecule has 2 amide bonds. The van der Waals surface area contributed by atoms with Crippen LogP contribution in [-0.2, 0) is 9.59 Å². The van der Waals surface area contributed by atoms with Crippen LogP contribution in [0.25, 0.3) is 6.08 Å². The molecule has 1 rings (SSSR count). The average Bonchev–Trinajstić information content (AvgIpc) is 2.43. The van der Waals surface area contributed by atoms with Gasteiger partial charge in [-0.1, -0.05) is 6.07 Å². The fourth-order valence-corrected chi connectivity index (χ4v) is 1.52. The fourth-order valence-electron chi connectivity index (χ4n) is 1.52. The van der Waals surface area contributed by atoms with Gasteiger partial charge in [0.2, 0.25) is 11.8 Å². The van der Waals surface area contributed by atoms with Gasteiger partial charge in [0, 0.05) is 31.6 Å². The molecule has 0 bridgehead atoms. The standard InChI is InChI=1S/C14H19N3O2/c1-3-16-13(18)11-17(4-2)14(19)8-7-12-6-5-9-15-10-12/h5-10H,3-4,11H2,1-2H3,(H,16,18)/b8-7+. The molecule has 5 heteroatoms. The normalized spacial score (nSPS) is 10.4. The number of hydrogen-bond donors (Lipinski definition) is 1.